The van der Waals surface area contributed by atoms with Crippen molar-refractivity contribution in [3.8, 4) is 5.75 Å². The van der Waals surface area contributed by atoms with Crippen LogP contribution in [0.2, 0.25) is 0 Å². The van der Waals surface area contributed by atoms with Crippen molar-refractivity contribution in [3.05, 3.63) is 28.2 Å². The molecule has 5 heteroatoms. The fourth-order valence-electron chi connectivity index (χ4n) is 2.21. The van der Waals surface area contributed by atoms with Gasteiger partial charge in [0, 0.05) is 19.0 Å². The Morgan fingerprint density at radius 3 is 2.67 bits per heavy atom. The van der Waals surface area contributed by atoms with Crippen LogP contribution >= 0.6 is 15.9 Å². The molecule has 0 saturated heterocycles. The number of methoxy groups -OCH3 is 1. The summed E-state index contributed by atoms with van der Waals surface area (Å²) >= 11 is 3.45. The highest BCUT2D eigenvalue weighted by molar-refractivity contribution is 9.10. The molecule has 0 spiro atoms. The van der Waals surface area contributed by atoms with Gasteiger partial charge in [-0.3, -0.25) is 4.79 Å². The summed E-state index contributed by atoms with van der Waals surface area (Å²) in [5, 5.41) is 3.01. The zero-order valence-electron chi connectivity index (χ0n) is 13.0. The molecule has 4 nitrogen and oxygen atoms in total. The number of nitrogens with two attached hydrogens (primary N) is 1. The van der Waals surface area contributed by atoms with Gasteiger partial charge in [0.15, 0.2) is 0 Å². The molecule has 0 radical (unpaired) electrons. The molecule has 0 saturated carbocycles. The molecule has 1 aromatic rings. The third-order valence-electron chi connectivity index (χ3n) is 3.26. The second-order valence-corrected chi connectivity index (χ2v) is 6.45. The van der Waals surface area contributed by atoms with E-state index in [9.17, 15) is 4.79 Å². The molecule has 118 valence electrons. The first-order chi connectivity index (χ1) is 9.96. The van der Waals surface area contributed by atoms with Gasteiger partial charge in [0.25, 0.3) is 0 Å². The van der Waals surface area contributed by atoms with Gasteiger partial charge >= 0.3 is 0 Å². The average Bonchev–Trinajstić information content (AvgIpc) is 2.44. The van der Waals surface area contributed by atoms with Crippen LogP contribution in [0, 0.1) is 5.92 Å². The Morgan fingerprint density at radius 1 is 1.43 bits per heavy atom. The molecule has 0 aliphatic rings. The van der Waals surface area contributed by atoms with Crippen LogP contribution in [0.25, 0.3) is 0 Å². The second-order valence-electron chi connectivity index (χ2n) is 5.60. The van der Waals surface area contributed by atoms with E-state index in [4.69, 9.17) is 10.5 Å². The number of hydrogen-bond donors (Lipinski definition) is 2. The van der Waals surface area contributed by atoms with E-state index in [0.29, 0.717) is 25.3 Å². The molecule has 1 rings (SSSR count). The third-order valence-corrected chi connectivity index (χ3v) is 3.88. The van der Waals surface area contributed by atoms with E-state index in [-0.39, 0.29) is 11.9 Å². The van der Waals surface area contributed by atoms with Gasteiger partial charge in [0.1, 0.15) is 5.75 Å². The highest BCUT2D eigenvalue weighted by Gasteiger charge is 2.12. The second kappa shape index (κ2) is 9.05. The lowest BCUT2D eigenvalue weighted by molar-refractivity contribution is -0.121. The maximum absolute atomic E-state index is 12.0. The van der Waals surface area contributed by atoms with Crippen molar-refractivity contribution in [1.82, 2.24) is 5.32 Å². The largest absolute Gasteiger partial charge is 0.496 e. The van der Waals surface area contributed by atoms with E-state index in [1.807, 2.05) is 18.2 Å². The molecule has 0 bridgehead atoms. The van der Waals surface area contributed by atoms with E-state index in [2.05, 4.69) is 35.1 Å². The normalized spacial score (nSPS) is 12.3. The SMILES string of the molecule is COc1ccc(CCC(=O)NC(CN)CC(C)C)cc1Br. The summed E-state index contributed by atoms with van der Waals surface area (Å²) in [6, 6.07) is 5.94. The highest BCUT2D eigenvalue weighted by atomic mass is 79.9. The first kappa shape index (κ1) is 18.0. The number of nitrogens with one attached hydrogen (secondary N) is 1. The van der Waals surface area contributed by atoms with Gasteiger partial charge < -0.3 is 15.8 Å². The zero-order valence-corrected chi connectivity index (χ0v) is 14.6. The fourth-order valence-corrected chi connectivity index (χ4v) is 2.79. The van der Waals surface area contributed by atoms with Gasteiger partial charge in [-0.1, -0.05) is 19.9 Å². The summed E-state index contributed by atoms with van der Waals surface area (Å²) in [5.74, 6) is 1.37. The number of aryl methyl sites for hydroxylation is 1. The maximum Gasteiger partial charge on any atom is 0.220 e. The summed E-state index contributed by atoms with van der Waals surface area (Å²) in [6.07, 6.45) is 2.08. The first-order valence-electron chi connectivity index (χ1n) is 7.28. The predicted octanol–water partition coefficient (Wildman–Crippen LogP) is 2.88. The Kier molecular flexibility index (Phi) is 7.75. The fraction of sp³-hybridized carbons (Fsp3) is 0.562. The van der Waals surface area contributed by atoms with Crippen LogP contribution in [-0.4, -0.2) is 25.6 Å². The van der Waals surface area contributed by atoms with Crippen molar-refractivity contribution in [3.63, 3.8) is 0 Å². The third kappa shape index (κ3) is 6.48. The van der Waals surface area contributed by atoms with E-state index in [1.54, 1.807) is 7.11 Å². The van der Waals surface area contributed by atoms with E-state index >= 15 is 0 Å². The summed E-state index contributed by atoms with van der Waals surface area (Å²) in [7, 11) is 1.63. The van der Waals surface area contributed by atoms with Crippen molar-refractivity contribution in [2.75, 3.05) is 13.7 Å². The Labute approximate surface area is 135 Å². The topological polar surface area (TPSA) is 64.3 Å². The van der Waals surface area contributed by atoms with Crippen LogP contribution in [0.15, 0.2) is 22.7 Å². The van der Waals surface area contributed by atoms with Crippen LogP contribution in [0.3, 0.4) is 0 Å². The minimum Gasteiger partial charge on any atom is -0.496 e. The van der Waals surface area contributed by atoms with Crippen LogP contribution in [-0.2, 0) is 11.2 Å². The first-order valence-corrected chi connectivity index (χ1v) is 8.07. The Morgan fingerprint density at radius 2 is 2.14 bits per heavy atom. The quantitative estimate of drug-likeness (QED) is 0.752. The molecule has 1 unspecified atom stereocenters. The lowest BCUT2D eigenvalue weighted by Crippen LogP contribution is -2.41. The number of carbonyl (C=O) groups is 1. The van der Waals surface area contributed by atoms with Gasteiger partial charge in [0.05, 0.1) is 11.6 Å². The lowest BCUT2D eigenvalue weighted by Gasteiger charge is -2.18. The van der Waals surface area contributed by atoms with Crippen molar-refractivity contribution in [2.45, 2.75) is 39.2 Å². The average molecular weight is 357 g/mol. The van der Waals surface area contributed by atoms with E-state index in [0.717, 1.165) is 22.2 Å². The van der Waals surface area contributed by atoms with Gasteiger partial charge in [-0.2, -0.15) is 0 Å². The molecule has 0 aliphatic carbocycles. The molecular weight excluding hydrogens is 332 g/mol. The van der Waals surface area contributed by atoms with Crippen molar-refractivity contribution in [2.24, 2.45) is 11.7 Å². The molecule has 1 aromatic carbocycles. The highest BCUT2D eigenvalue weighted by Crippen LogP contribution is 2.25. The number of halogens is 1. The van der Waals surface area contributed by atoms with Gasteiger partial charge in [0.2, 0.25) is 5.91 Å². The van der Waals surface area contributed by atoms with Crippen LogP contribution in [0.1, 0.15) is 32.3 Å². The number of benzene rings is 1. The van der Waals surface area contributed by atoms with Crippen molar-refractivity contribution in [1.29, 1.82) is 0 Å². The molecule has 21 heavy (non-hydrogen) atoms. The number of ether oxygens (including phenoxy) is 1. The number of rotatable bonds is 8. The minimum atomic E-state index is 0.0537. The van der Waals surface area contributed by atoms with Gasteiger partial charge in [-0.05, 0) is 52.4 Å². The summed E-state index contributed by atoms with van der Waals surface area (Å²) in [5.41, 5.74) is 6.80. The van der Waals surface area contributed by atoms with Crippen molar-refractivity contribution >= 4 is 21.8 Å². The molecular formula is C16H25BrN2O2. The zero-order chi connectivity index (χ0) is 15.8. The standard InChI is InChI=1S/C16H25BrN2O2/c1-11(2)8-13(10-18)19-16(20)7-5-12-4-6-15(21-3)14(17)9-12/h4,6,9,11,13H,5,7-8,10,18H2,1-3H3,(H,19,20). The lowest BCUT2D eigenvalue weighted by atomic mass is 10.0. The number of amides is 1. The Bertz CT molecular complexity index is 464. The Balaban J connectivity index is 2.47. The molecule has 1 amide bonds. The molecule has 1 atom stereocenters. The monoisotopic (exact) mass is 356 g/mol. The summed E-state index contributed by atoms with van der Waals surface area (Å²) in [4.78, 5) is 12.0. The van der Waals surface area contributed by atoms with Crippen LogP contribution in [0.5, 0.6) is 5.75 Å². The van der Waals surface area contributed by atoms with Gasteiger partial charge in [-0.25, -0.2) is 0 Å². The van der Waals surface area contributed by atoms with Crippen molar-refractivity contribution < 1.29 is 9.53 Å². The number of carbonyl (C=O) groups excluding carboxylic acids is 1. The molecule has 0 aliphatic heterocycles. The molecule has 0 heterocycles. The summed E-state index contributed by atoms with van der Waals surface area (Å²) in [6.45, 7) is 4.74. The minimum absolute atomic E-state index is 0.0537. The predicted molar refractivity (Wildman–Crippen MR) is 89.5 cm³/mol. The van der Waals surface area contributed by atoms with E-state index < -0.39 is 0 Å². The maximum atomic E-state index is 12.0. The smallest absolute Gasteiger partial charge is 0.220 e. The van der Waals surface area contributed by atoms with Crippen LogP contribution < -0.4 is 15.8 Å². The number of hydrogen-bond acceptors (Lipinski definition) is 3. The van der Waals surface area contributed by atoms with E-state index in [1.165, 1.54) is 0 Å². The van der Waals surface area contributed by atoms with Crippen LogP contribution in [0.4, 0.5) is 0 Å². The van der Waals surface area contributed by atoms with Gasteiger partial charge in [-0.15, -0.1) is 0 Å². The molecule has 3 N–H and O–H groups in total. The summed E-state index contributed by atoms with van der Waals surface area (Å²) < 4.78 is 6.09. The molecule has 0 fully saturated rings. The Hall–Kier alpha value is -1.07. The molecule has 0 aromatic heterocycles.